The summed E-state index contributed by atoms with van der Waals surface area (Å²) in [5.74, 6) is -0.0476. The van der Waals surface area contributed by atoms with E-state index in [-0.39, 0.29) is 17.4 Å². The summed E-state index contributed by atoms with van der Waals surface area (Å²) in [6.07, 6.45) is 0.151. The highest BCUT2D eigenvalue weighted by Crippen LogP contribution is 2.23. The van der Waals surface area contributed by atoms with Crippen molar-refractivity contribution >= 4 is 23.2 Å². The topological polar surface area (TPSA) is 38.3 Å². The van der Waals surface area contributed by atoms with E-state index in [1.807, 2.05) is 18.2 Å². The van der Waals surface area contributed by atoms with E-state index in [2.05, 4.69) is 5.32 Å². The second-order valence-electron chi connectivity index (χ2n) is 4.16. The van der Waals surface area contributed by atoms with E-state index >= 15 is 0 Å². The molecule has 2 aromatic rings. The van der Waals surface area contributed by atoms with Crippen LogP contribution in [0.1, 0.15) is 5.56 Å². The van der Waals surface area contributed by atoms with Crippen LogP contribution in [0.5, 0.6) is 5.75 Å². The number of halogens is 2. The molecular formula is C15H13ClFNO2. The van der Waals surface area contributed by atoms with Crippen LogP contribution < -0.4 is 10.1 Å². The van der Waals surface area contributed by atoms with Crippen LogP contribution in [0.25, 0.3) is 0 Å². The first-order valence-corrected chi connectivity index (χ1v) is 6.34. The Balaban J connectivity index is 2.09. The second kappa shape index (κ2) is 6.39. The monoisotopic (exact) mass is 293 g/mol. The first kappa shape index (κ1) is 14.3. The number of amides is 1. The zero-order valence-electron chi connectivity index (χ0n) is 10.8. The minimum absolute atomic E-state index is 0.151. The van der Waals surface area contributed by atoms with Crippen molar-refractivity contribution < 1.29 is 13.9 Å². The second-order valence-corrected chi connectivity index (χ2v) is 4.57. The Labute approximate surface area is 121 Å². The van der Waals surface area contributed by atoms with Gasteiger partial charge in [0, 0.05) is 5.56 Å². The Hall–Kier alpha value is -2.07. The SMILES string of the molecule is COc1ccccc1CC(=O)Nc1ccc(F)cc1Cl. The zero-order chi connectivity index (χ0) is 14.5. The average molecular weight is 294 g/mol. The normalized spacial score (nSPS) is 10.2. The van der Waals surface area contributed by atoms with Crippen molar-refractivity contribution in [2.75, 3.05) is 12.4 Å². The fraction of sp³-hybridized carbons (Fsp3) is 0.133. The number of carbonyl (C=O) groups excluding carboxylic acids is 1. The molecule has 0 saturated heterocycles. The van der Waals surface area contributed by atoms with Gasteiger partial charge in [-0.3, -0.25) is 4.79 Å². The molecule has 5 heteroatoms. The highest BCUT2D eigenvalue weighted by molar-refractivity contribution is 6.33. The Kier molecular flexibility index (Phi) is 4.58. The van der Waals surface area contributed by atoms with Crippen molar-refractivity contribution in [3.8, 4) is 5.75 Å². The molecule has 0 fully saturated rings. The quantitative estimate of drug-likeness (QED) is 0.934. The molecule has 0 unspecified atom stereocenters. The lowest BCUT2D eigenvalue weighted by atomic mass is 10.1. The summed E-state index contributed by atoms with van der Waals surface area (Å²) >= 11 is 5.86. The van der Waals surface area contributed by atoms with E-state index in [0.29, 0.717) is 11.4 Å². The lowest BCUT2D eigenvalue weighted by Gasteiger charge is -2.10. The third kappa shape index (κ3) is 3.48. The summed E-state index contributed by atoms with van der Waals surface area (Å²) in [5.41, 5.74) is 1.15. The molecule has 104 valence electrons. The summed E-state index contributed by atoms with van der Waals surface area (Å²) in [7, 11) is 1.55. The van der Waals surface area contributed by atoms with Gasteiger partial charge in [-0.2, -0.15) is 0 Å². The summed E-state index contributed by atoms with van der Waals surface area (Å²) in [6.45, 7) is 0. The molecular weight excluding hydrogens is 281 g/mol. The molecule has 0 spiro atoms. The standard InChI is InChI=1S/C15H13ClFNO2/c1-20-14-5-3-2-4-10(14)8-15(19)18-13-7-6-11(17)9-12(13)16/h2-7,9H,8H2,1H3,(H,18,19). The van der Waals surface area contributed by atoms with E-state index < -0.39 is 5.82 Å². The Morgan fingerprint density at radius 3 is 2.75 bits per heavy atom. The number of carbonyl (C=O) groups is 1. The molecule has 0 aliphatic carbocycles. The molecule has 0 atom stereocenters. The van der Waals surface area contributed by atoms with Gasteiger partial charge in [0.25, 0.3) is 0 Å². The number of methoxy groups -OCH3 is 1. The van der Waals surface area contributed by atoms with Gasteiger partial charge in [0.1, 0.15) is 11.6 Å². The molecule has 0 aromatic heterocycles. The number of para-hydroxylation sites is 1. The summed E-state index contributed by atoms with van der Waals surface area (Å²) in [5, 5.41) is 2.81. The first-order chi connectivity index (χ1) is 9.60. The number of ether oxygens (including phenoxy) is 1. The molecule has 20 heavy (non-hydrogen) atoms. The number of hydrogen-bond donors (Lipinski definition) is 1. The van der Waals surface area contributed by atoms with Crippen LogP contribution in [-0.4, -0.2) is 13.0 Å². The first-order valence-electron chi connectivity index (χ1n) is 5.97. The molecule has 1 N–H and O–H groups in total. The van der Waals surface area contributed by atoms with Gasteiger partial charge in [0.2, 0.25) is 5.91 Å². The van der Waals surface area contributed by atoms with Crippen LogP contribution in [0.4, 0.5) is 10.1 Å². The summed E-state index contributed by atoms with van der Waals surface area (Å²) < 4.78 is 18.1. The summed E-state index contributed by atoms with van der Waals surface area (Å²) in [4.78, 5) is 12.0. The fourth-order valence-electron chi connectivity index (χ4n) is 1.81. The Morgan fingerprint density at radius 1 is 1.30 bits per heavy atom. The Morgan fingerprint density at radius 2 is 2.05 bits per heavy atom. The number of benzene rings is 2. The van der Waals surface area contributed by atoms with E-state index in [0.717, 1.165) is 11.6 Å². The predicted molar refractivity (Wildman–Crippen MR) is 76.7 cm³/mol. The smallest absolute Gasteiger partial charge is 0.228 e. The zero-order valence-corrected chi connectivity index (χ0v) is 11.6. The molecule has 0 radical (unpaired) electrons. The van der Waals surface area contributed by atoms with Crippen molar-refractivity contribution in [3.63, 3.8) is 0 Å². The van der Waals surface area contributed by atoms with E-state index in [9.17, 15) is 9.18 Å². The maximum atomic E-state index is 12.9. The van der Waals surface area contributed by atoms with Crippen molar-refractivity contribution in [1.29, 1.82) is 0 Å². The number of nitrogens with one attached hydrogen (secondary N) is 1. The highest BCUT2D eigenvalue weighted by Gasteiger charge is 2.10. The number of rotatable bonds is 4. The molecule has 1 amide bonds. The van der Waals surface area contributed by atoms with Crippen LogP contribution >= 0.6 is 11.6 Å². The third-order valence-corrected chi connectivity index (χ3v) is 3.06. The highest BCUT2D eigenvalue weighted by atomic mass is 35.5. The largest absolute Gasteiger partial charge is 0.496 e. The van der Waals surface area contributed by atoms with Crippen molar-refractivity contribution in [1.82, 2.24) is 0 Å². The van der Waals surface area contributed by atoms with Gasteiger partial charge in [-0.15, -0.1) is 0 Å². The molecule has 0 saturated carbocycles. The van der Waals surface area contributed by atoms with Gasteiger partial charge in [-0.05, 0) is 24.3 Å². The van der Waals surface area contributed by atoms with Crippen LogP contribution in [0.2, 0.25) is 5.02 Å². The third-order valence-electron chi connectivity index (χ3n) is 2.75. The molecule has 3 nitrogen and oxygen atoms in total. The number of hydrogen-bond acceptors (Lipinski definition) is 2. The van der Waals surface area contributed by atoms with Gasteiger partial charge in [-0.1, -0.05) is 29.8 Å². The van der Waals surface area contributed by atoms with Gasteiger partial charge in [0.05, 0.1) is 24.2 Å². The van der Waals surface area contributed by atoms with Crippen molar-refractivity contribution in [2.24, 2.45) is 0 Å². The lowest BCUT2D eigenvalue weighted by Crippen LogP contribution is -2.15. The Bertz CT molecular complexity index is 631. The van der Waals surface area contributed by atoms with Gasteiger partial charge >= 0.3 is 0 Å². The average Bonchev–Trinajstić information content (AvgIpc) is 2.42. The van der Waals surface area contributed by atoms with Gasteiger partial charge < -0.3 is 10.1 Å². The molecule has 2 rings (SSSR count). The molecule has 0 heterocycles. The van der Waals surface area contributed by atoms with Crippen LogP contribution in [-0.2, 0) is 11.2 Å². The predicted octanol–water partition coefficient (Wildman–Crippen LogP) is 3.67. The van der Waals surface area contributed by atoms with Crippen LogP contribution in [0, 0.1) is 5.82 Å². The van der Waals surface area contributed by atoms with E-state index in [4.69, 9.17) is 16.3 Å². The molecule has 0 aliphatic rings. The van der Waals surface area contributed by atoms with E-state index in [1.54, 1.807) is 13.2 Å². The molecule has 0 aliphatic heterocycles. The fourth-order valence-corrected chi connectivity index (χ4v) is 2.02. The number of anilines is 1. The van der Waals surface area contributed by atoms with Crippen molar-refractivity contribution in [2.45, 2.75) is 6.42 Å². The van der Waals surface area contributed by atoms with E-state index in [1.165, 1.54) is 12.1 Å². The molecule has 0 bridgehead atoms. The van der Waals surface area contributed by atoms with Gasteiger partial charge in [0.15, 0.2) is 0 Å². The minimum atomic E-state index is -0.447. The van der Waals surface area contributed by atoms with Gasteiger partial charge in [-0.25, -0.2) is 4.39 Å². The maximum absolute atomic E-state index is 12.9. The lowest BCUT2D eigenvalue weighted by molar-refractivity contribution is -0.115. The minimum Gasteiger partial charge on any atom is -0.496 e. The van der Waals surface area contributed by atoms with Crippen molar-refractivity contribution in [3.05, 3.63) is 58.9 Å². The summed E-state index contributed by atoms with van der Waals surface area (Å²) in [6, 6.07) is 11.1. The maximum Gasteiger partial charge on any atom is 0.228 e. The van der Waals surface area contributed by atoms with Crippen LogP contribution in [0.15, 0.2) is 42.5 Å². The van der Waals surface area contributed by atoms with Crippen LogP contribution in [0.3, 0.4) is 0 Å². The molecule has 2 aromatic carbocycles.